The van der Waals surface area contributed by atoms with Crippen molar-refractivity contribution in [1.82, 2.24) is 14.5 Å². The molecule has 5 aromatic rings. The van der Waals surface area contributed by atoms with E-state index in [9.17, 15) is 4.79 Å². The molecule has 0 atom stereocenters. The lowest BCUT2D eigenvalue weighted by Gasteiger charge is -2.16. The molecular weight excluding hydrogens is 400 g/mol. The number of H-pyrrole nitrogens is 1. The summed E-state index contributed by atoms with van der Waals surface area (Å²) in [4.78, 5) is 21.1. The second-order valence-electron chi connectivity index (χ2n) is 7.90. The van der Waals surface area contributed by atoms with Crippen molar-refractivity contribution in [2.24, 2.45) is 5.73 Å². The number of nitrogens with one attached hydrogen (secondary N) is 1. The molecule has 0 radical (unpaired) electrons. The van der Waals surface area contributed by atoms with E-state index in [4.69, 9.17) is 10.5 Å². The van der Waals surface area contributed by atoms with Gasteiger partial charge in [-0.05, 0) is 54.3 Å². The molecule has 0 spiro atoms. The van der Waals surface area contributed by atoms with Gasteiger partial charge in [-0.15, -0.1) is 0 Å². The number of hydrogen-bond acceptors (Lipinski definition) is 4. The van der Waals surface area contributed by atoms with Crippen LogP contribution in [0.2, 0.25) is 0 Å². The van der Waals surface area contributed by atoms with Crippen molar-refractivity contribution in [3.63, 3.8) is 0 Å². The Morgan fingerprint density at radius 3 is 2.72 bits per heavy atom. The van der Waals surface area contributed by atoms with E-state index in [0.717, 1.165) is 44.4 Å². The van der Waals surface area contributed by atoms with Crippen LogP contribution in [0.4, 0.5) is 0 Å². The lowest BCUT2D eigenvalue weighted by atomic mass is 9.93. The third-order valence-corrected chi connectivity index (χ3v) is 6.01. The zero-order chi connectivity index (χ0) is 22.2. The van der Waals surface area contributed by atoms with Crippen LogP contribution in [0.3, 0.4) is 0 Å². The van der Waals surface area contributed by atoms with Gasteiger partial charge in [0.2, 0.25) is 0 Å². The molecule has 3 aromatic carbocycles. The highest BCUT2D eigenvalue weighted by atomic mass is 16.5. The third-order valence-electron chi connectivity index (χ3n) is 6.01. The Bertz CT molecular complexity index is 1510. The topological polar surface area (TPSA) is 85.9 Å². The minimum Gasteiger partial charge on any atom is -0.362 e. The van der Waals surface area contributed by atoms with Gasteiger partial charge in [-0.2, -0.15) is 0 Å². The summed E-state index contributed by atoms with van der Waals surface area (Å²) in [6, 6.07) is 17.6. The zero-order valence-electron chi connectivity index (χ0n) is 18.1. The second-order valence-corrected chi connectivity index (χ2v) is 7.90. The monoisotopic (exact) mass is 424 g/mol. The van der Waals surface area contributed by atoms with Gasteiger partial charge in [-0.25, -0.2) is 4.98 Å². The smallest absolute Gasteiger partial charge is 0.265 e. The molecule has 0 aliphatic carbocycles. The van der Waals surface area contributed by atoms with Crippen molar-refractivity contribution in [2.75, 3.05) is 6.73 Å². The molecular formula is C26H24N4O2. The second kappa shape index (κ2) is 8.07. The van der Waals surface area contributed by atoms with Crippen LogP contribution in [0.15, 0.2) is 71.9 Å². The van der Waals surface area contributed by atoms with Gasteiger partial charge in [-0.1, -0.05) is 36.4 Å². The SMILES string of the molecule is Cc1c(-c2ccc(COCN)c3[nH]cc(C)c23)cccc1-n1cnc2ccccc2c1=O. The summed E-state index contributed by atoms with van der Waals surface area (Å²) in [7, 11) is 0. The number of para-hydroxylation sites is 1. The summed E-state index contributed by atoms with van der Waals surface area (Å²) < 4.78 is 7.08. The molecule has 0 saturated heterocycles. The van der Waals surface area contributed by atoms with Gasteiger partial charge in [0.25, 0.3) is 5.56 Å². The molecule has 3 N–H and O–H groups in total. The first-order valence-corrected chi connectivity index (χ1v) is 10.5. The van der Waals surface area contributed by atoms with Crippen molar-refractivity contribution >= 4 is 21.8 Å². The van der Waals surface area contributed by atoms with Gasteiger partial charge in [0, 0.05) is 17.1 Å². The van der Waals surface area contributed by atoms with Crippen LogP contribution in [0.5, 0.6) is 0 Å². The number of aryl methyl sites for hydroxylation is 1. The lowest BCUT2D eigenvalue weighted by Crippen LogP contribution is -2.19. The quantitative estimate of drug-likeness (QED) is 0.404. The molecule has 160 valence electrons. The first kappa shape index (κ1) is 20.2. The number of hydrogen-bond donors (Lipinski definition) is 2. The molecule has 6 nitrogen and oxygen atoms in total. The normalized spacial score (nSPS) is 11.5. The van der Waals surface area contributed by atoms with E-state index < -0.39 is 0 Å². The number of nitrogens with two attached hydrogens (primary N) is 1. The fourth-order valence-electron chi connectivity index (χ4n) is 4.40. The maximum Gasteiger partial charge on any atom is 0.265 e. The van der Waals surface area contributed by atoms with E-state index in [1.807, 2.05) is 49.5 Å². The van der Waals surface area contributed by atoms with E-state index in [1.54, 1.807) is 10.9 Å². The highest BCUT2D eigenvalue weighted by molar-refractivity contribution is 6.00. The van der Waals surface area contributed by atoms with Crippen LogP contribution in [0.1, 0.15) is 16.7 Å². The average molecular weight is 425 g/mol. The van der Waals surface area contributed by atoms with Crippen LogP contribution in [0.25, 0.3) is 38.6 Å². The number of aromatic amines is 1. The predicted octanol–water partition coefficient (Wildman–Crippen LogP) is 4.58. The van der Waals surface area contributed by atoms with E-state index >= 15 is 0 Å². The average Bonchev–Trinajstić information content (AvgIpc) is 3.21. The number of ether oxygens (including phenoxy) is 1. The Balaban J connectivity index is 1.71. The Morgan fingerprint density at radius 2 is 1.88 bits per heavy atom. The maximum atomic E-state index is 13.2. The highest BCUT2D eigenvalue weighted by Gasteiger charge is 2.16. The minimum absolute atomic E-state index is 0.0758. The van der Waals surface area contributed by atoms with Crippen molar-refractivity contribution in [3.8, 4) is 16.8 Å². The number of fused-ring (bicyclic) bond motifs is 2. The molecule has 0 amide bonds. The summed E-state index contributed by atoms with van der Waals surface area (Å²) in [5.41, 5.74) is 13.4. The van der Waals surface area contributed by atoms with Crippen LogP contribution in [0, 0.1) is 13.8 Å². The van der Waals surface area contributed by atoms with E-state index in [2.05, 4.69) is 35.1 Å². The molecule has 0 saturated carbocycles. The van der Waals surface area contributed by atoms with Gasteiger partial charge >= 0.3 is 0 Å². The number of aromatic nitrogens is 3. The van der Waals surface area contributed by atoms with Crippen LogP contribution < -0.4 is 11.3 Å². The predicted molar refractivity (Wildman–Crippen MR) is 128 cm³/mol. The first-order chi connectivity index (χ1) is 15.6. The van der Waals surface area contributed by atoms with E-state index in [0.29, 0.717) is 17.5 Å². The molecule has 0 unspecified atom stereocenters. The molecule has 2 heterocycles. The summed E-state index contributed by atoms with van der Waals surface area (Å²) >= 11 is 0. The van der Waals surface area contributed by atoms with Crippen LogP contribution >= 0.6 is 0 Å². The lowest BCUT2D eigenvalue weighted by molar-refractivity contribution is 0.128. The molecule has 0 aliphatic rings. The summed E-state index contributed by atoms with van der Waals surface area (Å²) in [6.07, 6.45) is 3.62. The van der Waals surface area contributed by atoms with Gasteiger partial charge in [0.15, 0.2) is 0 Å². The van der Waals surface area contributed by atoms with Gasteiger partial charge in [0.05, 0.1) is 35.4 Å². The van der Waals surface area contributed by atoms with E-state index in [-0.39, 0.29) is 12.3 Å². The van der Waals surface area contributed by atoms with E-state index in [1.165, 1.54) is 0 Å². The molecule has 5 rings (SSSR count). The zero-order valence-corrected chi connectivity index (χ0v) is 18.1. The fraction of sp³-hybridized carbons (Fsp3) is 0.154. The fourth-order valence-corrected chi connectivity index (χ4v) is 4.40. The Labute approximate surface area is 185 Å². The number of rotatable bonds is 5. The van der Waals surface area contributed by atoms with Crippen LogP contribution in [-0.2, 0) is 11.3 Å². The van der Waals surface area contributed by atoms with Crippen molar-refractivity contribution in [2.45, 2.75) is 20.5 Å². The highest BCUT2D eigenvalue weighted by Crippen LogP contribution is 2.36. The summed E-state index contributed by atoms with van der Waals surface area (Å²) in [6.45, 7) is 4.77. The molecule has 0 fully saturated rings. The molecule has 6 heteroatoms. The third kappa shape index (κ3) is 3.21. The summed E-state index contributed by atoms with van der Waals surface area (Å²) in [5, 5.41) is 1.75. The van der Waals surface area contributed by atoms with Gasteiger partial charge < -0.3 is 15.5 Å². The standard InChI is InChI=1S/C26H24N4O2/c1-16-12-28-25-18(13-32-14-27)10-11-20(24(16)25)19-7-5-9-23(17(19)2)30-15-29-22-8-4-3-6-21(22)26(30)31/h3-12,15,28H,13-14,27H2,1-2H3. The van der Waals surface area contributed by atoms with Gasteiger partial charge in [0.1, 0.15) is 6.33 Å². The Hall–Kier alpha value is -3.74. The minimum atomic E-state index is -0.0758. The molecule has 32 heavy (non-hydrogen) atoms. The molecule has 0 bridgehead atoms. The van der Waals surface area contributed by atoms with Crippen molar-refractivity contribution < 1.29 is 4.74 Å². The largest absolute Gasteiger partial charge is 0.362 e. The van der Waals surface area contributed by atoms with Crippen molar-refractivity contribution in [1.29, 1.82) is 0 Å². The Morgan fingerprint density at radius 1 is 1.03 bits per heavy atom. The molecule has 0 aliphatic heterocycles. The molecule has 2 aromatic heterocycles. The van der Waals surface area contributed by atoms with Crippen molar-refractivity contribution in [3.05, 3.63) is 94.2 Å². The Kier molecular flexibility index (Phi) is 5.09. The first-order valence-electron chi connectivity index (χ1n) is 10.5. The number of benzene rings is 3. The summed E-state index contributed by atoms with van der Waals surface area (Å²) in [5.74, 6) is 0. The number of nitrogens with zero attached hydrogens (tertiary/aromatic N) is 2. The van der Waals surface area contributed by atoms with Gasteiger partial charge in [-0.3, -0.25) is 9.36 Å². The van der Waals surface area contributed by atoms with Crippen LogP contribution in [-0.4, -0.2) is 21.3 Å². The maximum absolute atomic E-state index is 13.2.